The number of benzene rings is 1. The number of halogens is 1. The highest BCUT2D eigenvalue weighted by Gasteiger charge is 2.05. The summed E-state index contributed by atoms with van der Waals surface area (Å²) in [4.78, 5) is 0. The van der Waals surface area contributed by atoms with E-state index < -0.39 is 0 Å². The highest BCUT2D eigenvalue weighted by atomic mass is 79.9. The van der Waals surface area contributed by atoms with Crippen molar-refractivity contribution in [3.63, 3.8) is 0 Å². The molecular weight excluding hydrogens is 240 g/mol. The van der Waals surface area contributed by atoms with Crippen LogP contribution in [0.25, 0.3) is 0 Å². The van der Waals surface area contributed by atoms with Gasteiger partial charge in [-0.2, -0.15) is 0 Å². The molecule has 0 radical (unpaired) electrons. The summed E-state index contributed by atoms with van der Waals surface area (Å²) in [6.45, 7) is 3.47. The van der Waals surface area contributed by atoms with Crippen molar-refractivity contribution in [2.45, 2.75) is 25.8 Å². The fraction of sp³-hybridized carbons (Fsp3) is 0.455. The van der Waals surface area contributed by atoms with Crippen LogP contribution in [-0.4, -0.2) is 12.6 Å². The van der Waals surface area contributed by atoms with Crippen LogP contribution in [0.5, 0.6) is 0 Å². The van der Waals surface area contributed by atoms with Crippen LogP contribution < -0.4 is 11.1 Å². The molecule has 2 rings (SSSR count). The van der Waals surface area contributed by atoms with E-state index in [4.69, 9.17) is 5.73 Å². The fourth-order valence-corrected chi connectivity index (χ4v) is 1.59. The molecule has 0 bridgehead atoms. The average Bonchev–Trinajstić information content (AvgIpc) is 2.63. The molecule has 0 aromatic heterocycles. The Labute approximate surface area is 94.0 Å². The van der Waals surface area contributed by atoms with Gasteiger partial charge in [-0.05, 0) is 50.6 Å². The molecule has 1 aliphatic heterocycles. The Morgan fingerprint density at radius 1 is 1.36 bits per heavy atom. The van der Waals surface area contributed by atoms with Crippen molar-refractivity contribution in [3.8, 4) is 0 Å². The molecule has 3 N–H and O–H groups in total. The zero-order valence-electron chi connectivity index (χ0n) is 8.46. The SMILES string of the molecule is CC1CCCN1.Nc1ccc(Br)cc1. The minimum atomic E-state index is 0.796. The lowest BCUT2D eigenvalue weighted by Crippen LogP contribution is -2.16. The third-order valence-electron chi connectivity index (χ3n) is 2.18. The standard InChI is InChI=1S/C6H6BrN.C5H11N/c7-5-1-3-6(8)4-2-5;1-5-3-2-4-6-5/h1-4H,8H2;5-6H,2-4H2,1H3. The fourth-order valence-electron chi connectivity index (χ4n) is 1.32. The summed E-state index contributed by atoms with van der Waals surface area (Å²) in [7, 11) is 0. The number of rotatable bonds is 0. The molecule has 1 saturated heterocycles. The van der Waals surface area contributed by atoms with E-state index in [1.165, 1.54) is 19.4 Å². The summed E-state index contributed by atoms with van der Waals surface area (Å²) < 4.78 is 1.06. The van der Waals surface area contributed by atoms with Crippen LogP contribution in [0.4, 0.5) is 5.69 Å². The molecule has 0 saturated carbocycles. The van der Waals surface area contributed by atoms with Crippen molar-refractivity contribution >= 4 is 21.6 Å². The van der Waals surface area contributed by atoms with E-state index >= 15 is 0 Å². The van der Waals surface area contributed by atoms with Crippen LogP contribution in [0.1, 0.15) is 19.8 Å². The lowest BCUT2D eigenvalue weighted by Gasteiger charge is -1.95. The lowest BCUT2D eigenvalue weighted by molar-refractivity contribution is 0.664. The van der Waals surface area contributed by atoms with Crippen LogP contribution in [0.15, 0.2) is 28.7 Å². The van der Waals surface area contributed by atoms with Gasteiger partial charge in [0.05, 0.1) is 0 Å². The minimum absolute atomic E-state index is 0.796. The summed E-state index contributed by atoms with van der Waals surface area (Å²) in [5, 5.41) is 3.32. The number of hydrogen-bond acceptors (Lipinski definition) is 2. The first kappa shape index (κ1) is 11.5. The maximum atomic E-state index is 5.41. The number of nitrogens with two attached hydrogens (primary N) is 1. The predicted octanol–water partition coefficient (Wildman–Crippen LogP) is 2.79. The molecule has 0 amide bonds. The molecule has 0 aliphatic carbocycles. The van der Waals surface area contributed by atoms with Gasteiger partial charge in [0.25, 0.3) is 0 Å². The van der Waals surface area contributed by atoms with Crippen LogP contribution in [0.3, 0.4) is 0 Å². The van der Waals surface area contributed by atoms with Crippen molar-refractivity contribution < 1.29 is 0 Å². The Morgan fingerprint density at radius 3 is 2.29 bits per heavy atom. The summed E-state index contributed by atoms with van der Waals surface area (Å²) in [6.07, 6.45) is 2.75. The molecule has 78 valence electrons. The Kier molecular flexibility index (Phi) is 4.98. The third kappa shape index (κ3) is 4.63. The van der Waals surface area contributed by atoms with Crippen LogP contribution >= 0.6 is 15.9 Å². The lowest BCUT2D eigenvalue weighted by atomic mass is 10.3. The molecular formula is C11H17BrN2. The van der Waals surface area contributed by atoms with E-state index in [0.717, 1.165) is 16.2 Å². The van der Waals surface area contributed by atoms with Gasteiger partial charge in [0, 0.05) is 16.2 Å². The van der Waals surface area contributed by atoms with Crippen molar-refractivity contribution in [2.24, 2.45) is 0 Å². The molecule has 1 heterocycles. The molecule has 2 nitrogen and oxygen atoms in total. The van der Waals surface area contributed by atoms with Gasteiger partial charge in [-0.25, -0.2) is 0 Å². The summed E-state index contributed by atoms with van der Waals surface area (Å²) in [5.41, 5.74) is 6.21. The zero-order valence-corrected chi connectivity index (χ0v) is 10.0. The summed E-state index contributed by atoms with van der Waals surface area (Å²) in [5.74, 6) is 0. The molecule has 1 fully saturated rings. The molecule has 14 heavy (non-hydrogen) atoms. The van der Waals surface area contributed by atoms with Gasteiger partial charge in [-0.3, -0.25) is 0 Å². The molecule has 1 aromatic carbocycles. The minimum Gasteiger partial charge on any atom is -0.399 e. The second-order valence-corrected chi connectivity index (χ2v) is 4.46. The molecule has 0 spiro atoms. The maximum absolute atomic E-state index is 5.41. The molecule has 1 aliphatic rings. The van der Waals surface area contributed by atoms with E-state index in [0.29, 0.717) is 0 Å². The summed E-state index contributed by atoms with van der Waals surface area (Å²) in [6, 6.07) is 8.32. The quantitative estimate of drug-likeness (QED) is 0.701. The second-order valence-electron chi connectivity index (χ2n) is 3.55. The topological polar surface area (TPSA) is 38.0 Å². The Balaban J connectivity index is 0.000000146. The first-order chi connectivity index (χ1) is 6.68. The van der Waals surface area contributed by atoms with Gasteiger partial charge in [0.15, 0.2) is 0 Å². The number of anilines is 1. The zero-order chi connectivity index (χ0) is 10.4. The second kappa shape index (κ2) is 6.04. The third-order valence-corrected chi connectivity index (χ3v) is 2.71. The maximum Gasteiger partial charge on any atom is 0.0314 e. The monoisotopic (exact) mass is 256 g/mol. The van der Waals surface area contributed by atoms with Gasteiger partial charge < -0.3 is 11.1 Å². The number of nitrogen functional groups attached to an aromatic ring is 1. The molecule has 1 atom stereocenters. The average molecular weight is 257 g/mol. The van der Waals surface area contributed by atoms with E-state index in [-0.39, 0.29) is 0 Å². The van der Waals surface area contributed by atoms with E-state index in [9.17, 15) is 0 Å². The first-order valence-corrected chi connectivity index (χ1v) is 5.72. The number of hydrogen-bond donors (Lipinski definition) is 2. The number of nitrogens with one attached hydrogen (secondary N) is 1. The Morgan fingerprint density at radius 2 is 2.00 bits per heavy atom. The van der Waals surface area contributed by atoms with E-state index in [1.807, 2.05) is 24.3 Å². The van der Waals surface area contributed by atoms with Gasteiger partial charge in [0.1, 0.15) is 0 Å². The van der Waals surface area contributed by atoms with Gasteiger partial charge >= 0.3 is 0 Å². The van der Waals surface area contributed by atoms with Gasteiger partial charge in [0.2, 0.25) is 0 Å². The van der Waals surface area contributed by atoms with Gasteiger partial charge in [-0.15, -0.1) is 0 Å². The highest BCUT2D eigenvalue weighted by molar-refractivity contribution is 9.10. The summed E-state index contributed by atoms with van der Waals surface area (Å²) >= 11 is 3.29. The van der Waals surface area contributed by atoms with Crippen molar-refractivity contribution in [3.05, 3.63) is 28.7 Å². The van der Waals surface area contributed by atoms with Crippen LogP contribution in [0, 0.1) is 0 Å². The van der Waals surface area contributed by atoms with Crippen molar-refractivity contribution in [1.29, 1.82) is 0 Å². The largest absolute Gasteiger partial charge is 0.399 e. The van der Waals surface area contributed by atoms with Crippen LogP contribution in [-0.2, 0) is 0 Å². The van der Waals surface area contributed by atoms with Gasteiger partial charge in [-0.1, -0.05) is 15.9 Å². The smallest absolute Gasteiger partial charge is 0.0314 e. The Hall–Kier alpha value is -0.540. The molecule has 1 unspecified atom stereocenters. The van der Waals surface area contributed by atoms with Crippen molar-refractivity contribution in [2.75, 3.05) is 12.3 Å². The Bertz CT molecular complexity index is 231. The molecule has 3 heteroatoms. The van der Waals surface area contributed by atoms with Crippen LogP contribution in [0.2, 0.25) is 0 Å². The predicted molar refractivity (Wildman–Crippen MR) is 65.3 cm³/mol. The normalized spacial score (nSPS) is 20.0. The van der Waals surface area contributed by atoms with Crippen molar-refractivity contribution in [1.82, 2.24) is 5.32 Å². The van der Waals surface area contributed by atoms with E-state index in [1.54, 1.807) is 0 Å². The van der Waals surface area contributed by atoms with E-state index in [2.05, 4.69) is 28.2 Å². The first-order valence-electron chi connectivity index (χ1n) is 4.93. The highest BCUT2D eigenvalue weighted by Crippen LogP contribution is 2.10. The molecule has 1 aromatic rings.